The number of non-ortho nitro benzene ring substituents is 1. The molecule has 0 aliphatic carbocycles. The number of nitrogens with one attached hydrogen (secondary N) is 1. The highest BCUT2D eigenvalue weighted by Crippen LogP contribution is 2.29. The maximum absolute atomic E-state index is 12.3. The normalized spacial score (nSPS) is 10.7. The molecular weight excluding hydrogens is 314 g/mol. The van der Waals surface area contributed by atoms with Crippen LogP contribution < -0.4 is 5.32 Å². The highest BCUT2D eigenvalue weighted by molar-refractivity contribution is 7.22. The number of amides is 1. The molecule has 0 radical (unpaired) electrons. The molecule has 0 spiro atoms. The Morgan fingerprint density at radius 3 is 2.52 bits per heavy atom. The van der Waals surface area contributed by atoms with Crippen LogP contribution in [0.5, 0.6) is 0 Å². The number of fused-ring (bicyclic) bond motifs is 1. The van der Waals surface area contributed by atoms with E-state index in [0.717, 1.165) is 11.1 Å². The predicted molar refractivity (Wildman–Crippen MR) is 90.1 cm³/mol. The largest absolute Gasteiger partial charge is 0.298 e. The number of aromatic nitrogens is 1. The van der Waals surface area contributed by atoms with E-state index in [1.165, 1.54) is 23.5 Å². The average Bonchev–Trinajstić information content (AvgIpc) is 2.87. The molecule has 0 bridgehead atoms. The molecule has 1 N–H and O–H groups in total. The van der Waals surface area contributed by atoms with Crippen LogP contribution in [-0.2, 0) is 0 Å². The van der Waals surface area contributed by atoms with Gasteiger partial charge in [0.2, 0.25) is 0 Å². The van der Waals surface area contributed by atoms with Crippen LogP contribution >= 0.6 is 11.3 Å². The van der Waals surface area contributed by atoms with Gasteiger partial charge in [0.15, 0.2) is 5.13 Å². The Morgan fingerprint density at radius 1 is 1.17 bits per heavy atom. The smallest absolute Gasteiger partial charge is 0.270 e. The van der Waals surface area contributed by atoms with E-state index in [-0.39, 0.29) is 11.6 Å². The van der Waals surface area contributed by atoms with Crippen LogP contribution in [-0.4, -0.2) is 15.8 Å². The van der Waals surface area contributed by atoms with E-state index in [0.29, 0.717) is 20.9 Å². The fraction of sp³-hybridized carbons (Fsp3) is 0.125. The highest BCUT2D eigenvalue weighted by atomic mass is 32.1. The summed E-state index contributed by atoms with van der Waals surface area (Å²) in [4.78, 5) is 27.0. The molecule has 0 saturated carbocycles. The van der Waals surface area contributed by atoms with Crippen LogP contribution in [0.1, 0.15) is 21.5 Å². The Kier molecular flexibility index (Phi) is 3.79. The Hall–Kier alpha value is -2.80. The second-order valence-corrected chi connectivity index (χ2v) is 6.29. The van der Waals surface area contributed by atoms with Crippen molar-refractivity contribution in [3.05, 3.63) is 63.2 Å². The summed E-state index contributed by atoms with van der Waals surface area (Å²) in [6.45, 7) is 3.86. The number of hydrogen-bond acceptors (Lipinski definition) is 5. The molecule has 3 rings (SSSR count). The summed E-state index contributed by atoms with van der Waals surface area (Å²) in [5.41, 5.74) is 3.21. The van der Waals surface area contributed by atoms with Crippen molar-refractivity contribution in [2.45, 2.75) is 13.8 Å². The zero-order chi connectivity index (χ0) is 16.6. The summed E-state index contributed by atoms with van der Waals surface area (Å²) in [5, 5.41) is 14.0. The molecule has 1 heterocycles. The zero-order valence-electron chi connectivity index (χ0n) is 12.5. The number of carbonyl (C=O) groups excluding carboxylic acids is 1. The Bertz CT molecular complexity index is 913. The number of anilines is 1. The van der Waals surface area contributed by atoms with E-state index >= 15 is 0 Å². The molecule has 6 nitrogen and oxygen atoms in total. The van der Waals surface area contributed by atoms with Gasteiger partial charge in [0, 0.05) is 17.7 Å². The molecule has 1 aromatic heterocycles. The third-order valence-corrected chi connectivity index (χ3v) is 4.22. The Morgan fingerprint density at radius 2 is 1.87 bits per heavy atom. The SMILES string of the molecule is Cc1cc(C)cc(C(=O)Nc2nc3ccc([N+](=O)[O-])cc3s2)c1. The van der Waals surface area contributed by atoms with Gasteiger partial charge in [-0.3, -0.25) is 20.2 Å². The molecule has 0 saturated heterocycles. The van der Waals surface area contributed by atoms with E-state index in [2.05, 4.69) is 10.3 Å². The standard InChI is InChI=1S/C16H13N3O3S/c1-9-5-10(2)7-11(6-9)15(20)18-16-17-13-4-3-12(19(21)22)8-14(13)23-16/h3-8H,1-2H3,(H,17,18,20). The maximum Gasteiger partial charge on any atom is 0.270 e. The molecule has 7 heteroatoms. The molecule has 1 amide bonds. The van der Waals surface area contributed by atoms with Gasteiger partial charge in [0.25, 0.3) is 11.6 Å². The lowest BCUT2D eigenvalue weighted by Gasteiger charge is -2.04. The van der Waals surface area contributed by atoms with Crippen molar-refractivity contribution in [1.29, 1.82) is 0 Å². The minimum Gasteiger partial charge on any atom is -0.298 e. The molecule has 0 aliphatic heterocycles. The number of benzene rings is 2. The van der Waals surface area contributed by atoms with Crippen molar-refractivity contribution in [1.82, 2.24) is 4.98 Å². The first-order valence-electron chi connectivity index (χ1n) is 6.87. The number of rotatable bonds is 3. The van der Waals surface area contributed by atoms with Crippen molar-refractivity contribution in [2.75, 3.05) is 5.32 Å². The minimum atomic E-state index is -0.451. The van der Waals surface area contributed by atoms with E-state index in [1.807, 2.05) is 19.9 Å². The Labute approximate surface area is 135 Å². The number of carbonyl (C=O) groups is 1. The van der Waals surface area contributed by atoms with Crippen LogP contribution in [0.15, 0.2) is 36.4 Å². The van der Waals surface area contributed by atoms with Gasteiger partial charge in [-0.05, 0) is 32.0 Å². The second kappa shape index (κ2) is 5.77. The van der Waals surface area contributed by atoms with Gasteiger partial charge < -0.3 is 0 Å². The molecule has 3 aromatic rings. The lowest BCUT2D eigenvalue weighted by Crippen LogP contribution is -2.12. The zero-order valence-corrected chi connectivity index (χ0v) is 13.3. The molecule has 116 valence electrons. The van der Waals surface area contributed by atoms with Gasteiger partial charge in [-0.2, -0.15) is 0 Å². The van der Waals surface area contributed by atoms with Crippen molar-refractivity contribution in [3.63, 3.8) is 0 Å². The van der Waals surface area contributed by atoms with E-state index < -0.39 is 4.92 Å². The van der Waals surface area contributed by atoms with Gasteiger partial charge in [0.1, 0.15) is 0 Å². The van der Waals surface area contributed by atoms with Crippen LogP contribution in [0.3, 0.4) is 0 Å². The van der Waals surface area contributed by atoms with E-state index in [4.69, 9.17) is 0 Å². The molecule has 0 aliphatic rings. The topological polar surface area (TPSA) is 85.1 Å². The fourth-order valence-corrected chi connectivity index (χ4v) is 3.25. The van der Waals surface area contributed by atoms with Gasteiger partial charge in [-0.25, -0.2) is 4.98 Å². The molecule has 0 unspecified atom stereocenters. The number of nitrogens with zero attached hydrogens (tertiary/aromatic N) is 2. The molecule has 0 fully saturated rings. The average molecular weight is 327 g/mol. The lowest BCUT2D eigenvalue weighted by molar-refractivity contribution is -0.384. The van der Waals surface area contributed by atoms with Gasteiger partial charge in [-0.1, -0.05) is 28.5 Å². The third kappa shape index (κ3) is 3.19. The third-order valence-electron chi connectivity index (χ3n) is 3.29. The second-order valence-electron chi connectivity index (χ2n) is 5.26. The summed E-state index contributed by atoms with van der Waals surface area (Å²) in [6.07, 6.45) is 0. The first-order valence-corrected chi connectivity index (χ1v) is 7.68. The van der Waals surface area contributed by atoms with Gasteiger partial charge >= 0.3 is 0 Å². The van der Waals surface area contributed by atoms with Crippen molar-refractivity contribution < 1.29 is 9.72 Å². The summed E-state index contributed by atoms with van der Waals surface area (Å²) < 4.78 is 0.662. The van der Waals surface area contributed by atoms with E-state index in [1.54, 1.807) is 18.2 Å². The fourth-order valence-electron chi connectivity index (χ4n) is 2.36. The number of nitro groups is 1. The van der Waals surface area contributed by atoms with Gasteiger partial charge in [0.05, 0.1) is 15.1 Å². The molecule has 0 atom stereocenters. The highest BCUT2D eigenvalue weighted by Gasteiger charge is 2.13. The first kappa shape index (κ1) is 15.1. The summed E-state index contributed by atoms with van der Waals surface area (Å²) >= 11 is 1.21. The van der Waals surface area contributed by atoms with Crippen LogP contribution in [0.25, 0.3) is 10.2 Å². The number of aryl methyl sites for hydroxylation is 2. The maximum atomic E-state index is 12.3. The minimum absolute atomic E-state index is 0.00772. The monoisotopic (exact) mass is 327 g/mol. The van der Waals surface area contributed by atoms with Crippen LogP contribution in [0, 0.1) is 24.0 Å². The van der Waals surface area contributed by atoms with Crippen molar-refractivity contribution in [2.24, 2.45) is 0 Å². The number of nitro benzene ring substituents is 1. The summed E-state index contributed by atoms with van der Waals surface area (Å²) in [7, 11) is 0. The first-order chi connectivity index (χ1) is 10.9. The van der Waals surface area contributed by atoms with E-state index in [9.17, 15) is 14.9 Å². The van der Waals surface area contributed by atoms with Crippen molar-refractivity contribution in [3.8, 4) is 0 Å². The van der Waals surface area contributed by atoms with Gasteiger partial charge in [-0.15, -0.1) is 0 Å². The number of hydrogen-bond donors (Lipinski definition) is 1. The van der Waals surface area contributed by atoms with Crippen LogP contribution in [0.2, 0.25) is 0 Å². The Balaban J connectivity index is 1.88. The molecule has 2 aromatic carbocycles. The molecular formula is C16H13N3O3S. The molecule has 23 heavy (non-hydrogen) atoms. The van der Waals surface area contributed by atoms with Crippen molar-refractivity contribution >= 4 is 38.3 Å². The lowest BCUT2D eigenvalue weighted by atomic mass is 10.1. The predicted octanol–water partition coefficient (Wildman–Crippen LogP) is 4.07. The van der Waals surface area contributed by atoms with Crippen LogP contribution in [0.4, 0.5) is 10.8 Å². The quantitative estimate of drug-likeness (QED) is 0.580. The summed E-state index contributed by atoms with van der Waals surface area (Å²) in [6, 6.07) is 10.0. The summed E-state index contributed by atoms with van der Waals surface area (Å²) in [5.74, 6) is -0.245. The number of thiazole rings is 1.